The van der Waals surface area contributed by atoms with Crippen molar-refractivity contribution in [2.24, 2.45) is 0 Å². The molecule has 1 aromatic carbocycles. The Bertz CT molecular complexity index is 317. The Kier molecular flexibility index (Phi) is 6.62. The number of aliphatic hydroxyl groups excluding tert-OH is 2. The molecule has 1 unspecified atom stereocenters. The second kappa shape index (κ2) is 8.06. The van der Waals surface area contributed by atoms with Gasteiger partial charge in [-0.15, -0.1) is 0 Å². The first-order valence-electron chi connectivity index (χ1n) is 5.97. The highest BCUT2D eigenvalue weighted by Gasteiger charge is 2.01. The molecular formula is C13H21NO3. The van der Waals surface area contributed by atoms with E-state index in [4.69, 9.17) is 14.9 Å². The van der Waals surface area contributed by atoms with E-state index in [0.717, 1.165) is 24.3 Å². The van der Waals surface area contributed by atoms with Gasteiger partial charge in [-0.3, -0.25) is 0 Å². The topological polar surface area (TPSA) is 61.7 Å². The lowest BCUT2D eigenvalue weighted by molar-refractivity contribution is 0.0942. The molecule has 0 aliphatic carbocycles. The van der Waals surface area contributed by atoms with Crippen LogP contribution in [0.3, 0.4) is 0 Å². The second-order valence-electron chi connectivity index (χ2n) is 3.96. The van der Waals surface area contributed by atoms with Crippen molar-refractivity contribution in [2.45, 2.75) is 26.0 Å². The Hall–Kier alpha value is -1.10. The van der Waals surface area contributed by atoms with Crippen LogP contribution in [-0.2, 0) is 6.54 Å². The van der Waals surface area contributed by atoms with Crippen molar-refractivity contribution in [1.29, 1.82) is 0 Å². The highest BCUT2D eigenvalue weighted by molar-refractivity contribution is 5.28. The number of aliphatic hydroxyl groups is 2. The fourth-order valence-corrected chi connectivity index (χ4v) is 1.41. The lowest BCUT2D eigenvalue weighted by atomic mass is 10.2. The van der Waals surface area contributed by atoms with Crippen LogP contribution in [0.1, 0.15) is 18.9 Å². The summed E-state index contributed by atoms with van der Waals surface area (Å²) in [5.74, 6) is 0.869. The Morgan fingerprint density at radius 3 is 2.94 bits per heavy atom. The molecule has 0 aromatic heterocycles. The minimum Gasteiger partial charge on any atom is -0.494 e. The highest BCUT2D eigenvalue weighted by Crippen LogP contribution is 2.13. The summed E-state index contributed by atoms with van der Waals surface area (Å²) in [5.41, 5.74) is 1.10. The largest absolute Gasteiger partial charge is 0.494 e. The number of benzene rings is 1. The van der Waals surface area contributed by atoms with Gasteiger partial charge in [-0.1, -0.05) is 19.1 Å². The normalized spacial score (nSPS) is 12.4. The fraction of sp³-hybridized carbons (Fsp3) is 0.538. The molecule has 0 amide bonds. The average Bonchev–Trinajstić information content (AvgIpc) is 2.36. The van der Waals surface area contributed by atoms with Crippen LogP contribution in [-0.4, -0.2) is 36.1 Å². The zero-order chi connectivity index (χ0) is 12.5. The van der Waals surface area contributed by atoms with E-state index in [1.807, 2.05) is 24.3 Å². The van der Waals surface area contributed by atoms with E-state index < -0.39 is 6.10 Å². The second-order valence-corrected chi connectivity index (χ2v) is 3.96. The monoisotopic (exact) mass is 239 g/mol. The van der Waals surface area contributed by atoms with Gasteiger partial charge in [0.05, 0.1) is 19.3 Å². The first kappa shape index (κ1) is 14.0. The number of hydrogen-bond donors (Lipinski definition) is 3. The Morgan fingerprint density at radius 1 is 1.41 bits per heavy atom. The predicted octanol–water partition coefficient (Wildman–Crippen LogP) is 0.918. The summed E-state index contributed by atoms with van der Waals surface area (Å²) in [6.45, 7) is 3.62. The SMILES string of the molecule is CCCOc1cccc(CNCC(O)CO)c1. The number of nitrogens with one attached hydrogen (secondary N) is 1. The van der Waals surface area contributed by atoms with Crippen molar-refractivity contribution in [1.82, 2.24) is 5.32 Å². The maximum atomic E-state index is 9.17. The summed E-state index contributed by atoms with van der Waals surface area (Å²) < 4.78 is 5.53. The van der Waals surface area contributed by atoms with Crippen molar-refractivity contribution in [3.05, 3.63) is 29.8 Å². The van der Waals surface area contributed by atoms with Crippen molar-refractivity contribution in [3.63, 3.8) is 0 Å². The van der Waals surface area contributed by atoms with Crippen LogP contribution in [0, 0.1) is 0 Å². The van der Waals surface area contributed by atoms with Crippen molar-refractivity contribution < 1.29 is 14.9 Å². The molecule has 3 N–H and O–H groups in total. The van der Waals surface area contributed by atoms with E-state index in [1.165, 1.54) is 0 Å². The molecular weight excluding hydrogens is 218 g/mol. The van der Waals surface area contributed by atoms with E-state index in [2.05, 4.69) is 12.2 Å². The summed E-state index contributed by atoms with van der Waals surface area (Å²) >= 11 is 0. The minimum absolute atomic E-state index is 0.216. The number of hydrogen-bond acceptors (Lipinski definition) is 4. The molecule has 0 heterocycles. The zero-order valence-electron chi connectivity index (χ0n) is 10.2. The van der Waals surface area contributed by atoms with Gasteiger partial charge in [0.15, 0.2) is 0 Å². The van der Waals surface area contributed by atoms with Crippen LogP contribution in [0.5, 0.6) is 5.75 Å². The quantitative estimate of drug-likeness (QED) is 0.631. The highest BCUT2D eigenvalue weighted by atomic mass is 16.5. The maximum absolute atomic E-state index is 9.17. The van der Waals surface area contributed by atoms with Crippen LogP contribution < -0.4 is 10.1 Å². The Balaban J connectivity index is 2.37. The van der Waals surface area contributed by atoms with Crippen molar-refractivity contribution in [2.75, 3.05) is 19.8 Å². The smallest absolute Gasteiger partial charge is 0.119 e. The molecule has 0 fully saturated rings. The van der Waals surface area contributed by atoms with Crippen molar-refractivity contribution >= 4 is 0 Å². The van der Waals surface area contributed by atoms with Crippen LogP contribution in [0.2, 0.25) is 0 Å². The summed E-state index contributed by atoms with van der Waals surface area (Å²) in [6, 6.07) is 7.86. The molecule has 1 aromatic rings. The molecule has 4 heteroatoms. The van der Waals surface area contributed by atoms with Gasteiger partial charge in [-0.25, -0.2) is 0 Å². The first-order valence-corrected chi connectivity index (χ1v) is 5.97. The third-order valence-corrected chi connectivity index (χ3v) is 2.29. The lowest BCUT2D eigenvalue weighted by Crippen LogP contribution is -2.28. The maximum Gasteiger partial charge on any atom is 0.119 e. The number of rotatable bonds is 8. The third-order valence-electron chi connectivity index (χ3n) is 2.29. The van der Waals surface area contributed by atoms with Gasteiger partial charge in [0.25, 0.3) is 0 Å². The van der Waals surface area contributed by atoms with E-state index in [1.54, 1.807) is 0 Å². The van der Waals surface area contributed by atoms with E-state index in [9.17, 15) is 0 Å². The van der Waals surface area contributed by atoms with Gasteiger partial charge in [-0.05, 0) is 24.1 Å². The molecule has 0 aliphatic heterocycles. The van der Waals surface area contributed by atoms with E-state index in [0.29, 0.717) is 13.1 Å². The summed E-state index contributed by atoms with van der Waals surface area (Å²) in [5, 5.41) is 20.9. The molecule has 1 rings (SSSR count). The molecule has 0 saturated heterocycles. The van der Waals surface area contributed by atoms with Gasteiger partial charge >= 0.3 is 0 Å². The molecule has 1 atom stereocenters. The molecule has 17 heavy (non-hydrogen) atoms. The van der Waals surface area contributed by atoms with Gasteiger partial charge in [0.1, 0.15) is 5.75 Å². The van der Waals surface area contributed by atoms with Gasteiger partial charge in [-0.2, -0.15) is 0 Å². The van der Waals surface area contributed by atoms with Crippen LogP contribution in [0.15, 0.2) is 24.3 Å². The predicted molar refractivity (Wildman–Crippen MR) is 67.0 cm³/mol. The lowest BCUT2D eigenvalue weighted by Gasteiger charge is -2.10. The van der Waals surface area contributed by atoms with Gasteiger partial charge < -0.3 is 20.3 Å². The molecule has 0 spiro atoms. The molecule has 4 nitrogen and oxygen atoms in total. The van der Waals surface area contributed by atoms with Gasteiger partial charge in [0, 0.05) is 13.1 Å². The fourth-order valence-electron chi connectivity index (χ4n) is 1.41. The van der Waals surface area contributed by atoms with Crippen molar-refractivity contribution in [3.8, 4) is 5.75 Å². The molecule has 0 radical (unpaired) electrons. The van der Waals surface area contributed by atoms with E-state index in [-0.39, 0.29) is 6.61 Å². The van der Waals surface area contributed by atoms with Crippen LogP contribution in [0.4, 0.5) is 0 Å². The molecule has 0 bridgehead atoms. The first-order chi connectivity index (χ1) is 8.26. The zero-order valence-corrected chi connectivity index (χ0v) is 10.2. The summed E-state index contributed by atoms with van der Waals surface area (Å²) in [4.78, 5) is 0. The average molecular weight is 239 g/mol. The summed E-state index contributed by atoms with van der Waals surface area (Å²) in [7, 11) is 0. The standard InChI is InChI=1S/C13H21NO3/c1-2-6-17-13-5-3-4-11(7-13)8-14-9-12(16)10-15/h3-5,7,12,14-16H,2,6,8-10H2,1H3. The van der Waals surface area contributed by atoms with Crippen LogP contribution in [0.25, 0.3) is 0 Å². The number of ether oxygens (including phenoxy) is 1. The van der Waals surface area contributed by atoms with E-state index >= 15 is 0 Å². The molecule has 0 aliphatic rings. The summed E-state index contributed by atoms with van der Waals surface area (Å²) in [6.07, 6.45) is 0.292. The Morgan fingerprint density at radius 2 is 2.24 bits per heavy atom. The molecule has 96 valence electrons. The van der Waals surface area contributed by atoms with Gasteiger partial charge in [0.2, 0.25) is 0 Å². The Labute approximate surface area is 102 Å². The van der Waals surface area contributed by atoms with Crippen LogP contribution >= 0.6 is 0 Å². The molecule has 0 saturated carbocycles. The minimum atomic E-state index is -0.700. The third kappa shape index (κ3) is 5.68.